The lowest BCUT2D eigenvalue weighted by Gasteiger charge is -2.28. The first-order valence-electron chi connectivity index (χ1n) is 7.58. The van der Waals surface area contributed by atoms with E-state index in [1.54, 1.807) is 0 Å². The molecule has 0 spiro atoms. The van der Waals surface area contributed by atoms with Crippen molar-refractivity contribution in [2.45, 2.75) is 53.4 Å². The molecular weight excluding hydrogens is 246 g/mol. The Bertz CT molecular complexity index is 520. The molecule has 20 heavy (non-hydrogen) atoms. The highest BCUT2D eigenvalue weighted by molar-refractivity contribution is 5.54. The van der Waals surface area contributed by atoms with E-state index in [2.05, 4.69) is 39.1 Å². The van der Waals surface area contributed by atoms with Crippen molar-refractivity contribution in [3.8, 4) is 6.07 Å². The molecule has 3 heteroatoms. The van der Waals surface area contributed by atoms with Gasteiger partial charge in [0.25, 0.3) is 0 Å². The van der Waals surface area contributed by atoms with Gasteiger partial charge in [0.15, 0.2) is 0 Å². The Morgan fingerprint density at radius 3 is 2.70 bits per heavy atom. The third-order valence-electron chi connectivity index (χ3n) is 4.48. The predicted octanol–water partition coefficient (Wildman–Crippen LogP) is 3.93. The summed E-state index contributed by atoms with van der Waals surface area (Å²) < 4.78 is 0. The van der Waals surface area contributed by atoms with Crippen molar-refractivity contribution in [2.75, 3.05) is 11.9 Å². The summed E-state index contributed by atoms with van der Waals surface area (Å²) in [7, 11) is 0. The van der Waals surface area contributed by atoms with E-state index in [1.807, 2.05) is 6.07 Å². The Labute approximate surface area is 122 Å². The van der Waals surface area contributed by atoms with Gasteiger partial charge in [-0.1, -0.05) is 27.7 Å². The maximum absolute atomic E-state index is 9.32. The fraction of sp³-hybridized carbons (Fsp3) is 0.647. The van der Waals surface area contributed by atoms with Crippen LogP contribution in [0.5, 0.6) is 0 Å². The van der Waals surface area contributed by atoms with E-state index in [-0.39, 0.29) is 5.41 Å². The molecule has 1 aromatic rings. The second-order valence-electron chi connectivity index (χ2n) is 6.96. The van der Waals surface area contributed by atoms with Gasteiger partial charge >= 0.3 is 0 Å². The molecule has 1 heterocycles. The Balaban J connectivity index is 2.17. The number of hydrogen-bond acceptors (Lipinski definition) is 3. The van der Waals surface area contributed by atoms with E-state index in [4.69, 9.17) is 4.98 Å². The number of pyridine rings is 1. The molecule has 1 aromatic heterocycles. The predicted molar refractivity (Wildman–Crippen MR) is 82.7 cm³/mol. The zero-order valence-electron chi connectivity index (χ0n) is 13.1. The summed E-state index contributed by atoms with van der Waals surface area (Å²) in [5.41, 5.74) is 3.39. The highest BCUT2D eigenvalue weighted by Crippen LogP contribution is 2.27. The number of aryl methyl sites for hydroxylation is 2. The highest BCUT2D eigenvalue weighted by atomic mass is 15.0. The van der Waals surface area contributed by atoms with Gasteiger partial charge in [-0.25, -0.2) is 4.98 Å². The van der Waals surface area contributed by atoms with E-state index in [0.717, 1.165) is 25.2 Å². The van der Waals surface area contributed by atoms with E-state index in [0.29, 0.717) is 11.5 Å². The van der Waals surface area contributed by atoms with Gasteiger partial charge < -0.3 is 5.32 Å². The van der Waals surface area contributed by atoms with Crippen LogP contribution in [-0.2, 0) is 12.8 Å². The molecule has 0 saturated heterocycles. The van der Waals surface area contributed by atoms with Crippen LogP contribution >= 0.6 is 0 Å². The highest BCUT2D eigenvalue weighted by Gasteiger charge is 2.21. The summed E-state index contributed by atoms with van der Waals surface area (Å²) >= 11 is 0. The lowest BCUT2D eigenvalue weighted by Crippen LogP contribution is -2.25. The quantitative estimate of drug-likeness (QED) is 0.906. The number of nitrogens with zero attached hydrogens (tertiary/aromatic N) is 2. The molecule has 0 aromatic carbocycles. The van der Waals surface area contributed by atoms with Crippen molar-refractivity contribution in [1.82, 2.24) is 4.98 Å². The lowest BCUT2D eigenvalue weighted by molar-refractivity contribution is 0.274. The molecule has 0 bridgehead atoms. The second-order valence-corrected chi connectivity index (χ2v) is 6.96. The number of fused-ring (bicyclic) bond motifs is 1. The lowest BCUT2D eigenvalue weighted by atomic mass is 9.82. The summed E-state index contributed by atoms with van der Waals surface area (Å²) in [6, 6.07) is 4.32. The summed E-state index contributed by atoms with van der Waals surface area (Å²) in [5.74, 6) is 1.29. The number of nitrogens with one attached hydrogen (secondary N) is 1. The van der Waals surface area contributed by atoms with Crippen LogP contribution in [0.15, 0.2) is 6.07 Å². The molecular formula is C17H25N3. The molecule has 2 rings (SSSR count). The third kappa shape index (κ3) is 3.30. The smallest absolute Gasteiger partial charge is 0.144 e. The Hall–Kier alpha value is -1.56. The Morgan fingerprint density at radius 2 is 2.05 bits per heavy atom. The van der Waals surface area contributed by atoms with Gasteiger partial charge in [-0.2, -0.15) is 5.26 Å². The van der Waals surface area contributed by atoms with Gasteiger partial charge in [0.1, 0.15) is 11.9 Å². The third-order valence-corrected chi connectivity index (χ3v) is 4.48. The number of aromatic nitrogens is 1. The monoisotopic (exact) mass is 271 g/mol. The number of nitriles is 1. The molecule has 0 saturated carbocycles. The van der Waals surface area contributed by atoms with E-state index >= 15 is 0 Å². The molecule has 1 aliphatic carbocycles. The van der Waals surface area contributed by atoms with Gasteiger partial charge in [0, 0.05) is 12.2 Å². The van der Waals surface area contributed by atoms with Gasteiger partial charge in [-0.05, 0) is 48.6 Å². The molecule has 0 fully saturated rings. The Morgan fingerprint density at radius 1 is 1.35 bits per heavy atom. The first-order valence-corrected chi connectivity index (χ1v) is 7.58. The zero-order valence-corrected chi connectivity index (χ0v) is 13.1. The topological polar surface area (TPSA) is 48.7 Å². The van der Waals surface area contributed by atoms with Crippen molar-refractivity contribution >= 4 is 5.82 Å². The SMILES string of the molecule is CC(CNc1nc2c(cc1C#N)CCCC2)C(C)(C)C. The standard InChI is InChI=1S/C17H25N3/c1-12(17(2,3)4)11-19-16-14(10-18)9-13-7-5-6-8-15(13)20-16/h9,12H,5-8,11H2,1-4H3,(H,19,20). The minimum atomic E-state index is 0.258. The molecule has 1 atom stereocenters. The maximum atomic E-state index is 9.32. The largest absolute Gasteiger partial charge is 0.369 e. The summed E-state index contributed by atoms with van der Waals surface area (Å²) in [5, 5.41) is 12.7. The number of anilines is 1. The number of rotatable bonds is 3. The molecule has 108 valence electrons. The van der Waals surface area contributed by atoms with Crippen molar-refractivity contribution in [1.29, 1.82) is 5.26 Å². The maximum Gasteiger partial charge on any atom is 0.144 e. The minimum absolute atomic E-state index is 0.258. The average Bonchev–Trinajstić information content (AvgIpc) is 2.42. The molecule has 0 radical (unpaired) electrons. The molecule has 1 aliphatic rings. The van der Waals surface area contributed by atoms with E-state index in [9.17, 15) is 5.26 Å². The van der Waals surface area contributed by atoms with Crippen LogP contribution in [0.2, 0.25) is 0 Å². The fourth-order valence-electron chi connectivity index (χ4n) is 2.41. The summed E-state index contributed by atoms with van der Waals surface area (Å²) in [6.45, 7) is 9.81. The zero-order chi connectivity index (χ0) is 14.8. The molecule has 3 nitrogen and oxygen atoms in total. The first kappa shape index (κ1) is 14.8. The molecule has 0 aliphatic heterocycles. The average molecular weight is 271 g/mol. The first-order chi connectivity index (χ1) is 9.41. The van der Waals surface area contributed by atoms with Crippen molar-refractivity contribution in [3.05, 3.63) is 22.9 Å². The van der Waals surface area contributed by atoms with Crippen LogP contribution in [-0.4, -0.2) is 11.5 Å². The van der Waals surface area contributed by atoms with Gasteiger partial charge in [-0.15, -0.1) is 0 Å². The van der Waals surface area contributed by atoms with Crippen molar-refractivity contribution < 1.29 is 0 Å². The number of hydrogen-bond donors (Lipinski definition) is 1. The van der Waals surface area contributed by atoms with Crippen LogP contribution in [0, 0.1) is 22.7 Å². The van der Waals surface area contributed by atoms with Crippen molar-refractivity contribution in [2.24, 2.45) is 11.3 Å². The molecule has 1 unspecified atom stereocenters. The normalized spacial score (nSPS) is 16.1. The van der Waals surface area contributed by atoms with Crippen molar-refractivity contribution in [3.63, 3.8) is 0 Å². The fourth-order valence-corrected chi connectivity index (χ4v) is 2.41. The van der Waals surface area contributed by atoms with Crippen LogP contribution in [0.3, 0.4) is 0 Å². The van der Waals surface area contributed by atoms with Gasteiger partial charge in [0.2, 0.25) is 0 Å². The van der Waals surface area contributed by atoms with E-state index < -0.39 is 0 Å². The minimum Gasteiger partial charge on any atom is -0.369 e. The Kier molecular flexibility index (Phi) is 4.32. The summed E-state index contributed by atoms with van der Waals surface area (Å²) in [4.78, 5) is 4.70. The van der Waals surface area contributed by atoms with Crippen LogP contribution in [0.25, 0.3) is 0 Å². The van der Waals surface area contributed by atoms with Crippen LogP contribution < -0.4 is 5.32 Å². The van der Waals surface area contributed by atoms with Gasteiger partial charge in [-0.3, -0.25) is 0 Å². The van der Waals surface area contributed by atoms with Gasteiger partial charge in [0.05, 0.1) is 5.56 Å². The van der Waals surface area contributed by atoms with Crippen LogP contribution in [0.1, 0.15) is 57.4 Å². The molecule has 0 amide bonds. The van der Waals surface area contributed by atoms with E-state index in [1.165, 1.54) is 24.1 Å². The van der Waals surface area contributed by atoms with Crippen LogP contribution in [0.4, 0.5) is 5.82 Å². The second kappa shape index (κ2) is 5.83. The molecule has 1 N–H and O–H groups in total. The summed E-state index contributed by atoms with van der Waals surface area (Å²) in [6.07, 6.45) is 4.54.